The summed E-state index contributed by atoms with van der Waals surface area (Å²) in [6.07, 6.45) is 4.02. The first-order valence-corrected chi connectivity index (χ1v) is 6.09. The summed E-state index contributed by atoms with van der Waals surface area (Å²) in [5.41, 5.74) is 0.680. The predicted octanol–water partition coefficient (Wildman–Crippen LogP) is 1.95. The zero-order valence-electron chi connectivity index (χ0n) is 10.8. The number of ketones is 1. The van der Waals surface area contributed by atoms with Gasteiger partial charge in [0.25, 0.3) is 0 Å². The van der Waals surface area contributed by atoms with E-state index < -0.39 is 0 Å². The Morgan fingerprint density at radius 1 is 1.24 bits per heavy atom. The van der Waals surface area contributed by atoms with Gasteiger partial charge in [-0.05, 0) is 19.9 Å². The molecule has 0 saturated heterocycles. The summed E-state index contributed by atoms with van der Waals surface area (Å²) in [6, 6.07) is 1.77. The van der Waals surface area contributed by atoms with Crippen LogP contribution in [-0.2, 0) is 11.3 Å². The number of hydrogen-bond donors (Lipinski definition) is 0. The molecule has 0 aliphatic rings. The SMILES string of the molecule is CCC(=O)c1ccn(CC(=O)N(CC)CC)c1. The lowest BCUT2D eigenvalue weighted by molar-refractivity contribution is -0.131. The van der Waals surface area contributed by atoms with Gasteiger partial charge in [0, 0.05) is 37.5 Å². The van der Waals surface area contributed by atoms with Crippen LogP contribution in [0.1, 0.15) is 37.6 Å². The highest BCUT2D eigenvalue weighted by Crippen LogP contribution is 2.05. The molecular weight excluding hydrogens is 216 g/mol. The van der Waals surface area contributed by atoms with E-state index >= 15 is 0 Å². The summed E-state index contributed by atoms with van der Waals surface area (Å²) >= 11 is 0. The Morgan fingerprint density at radius 2 is 1.88 bits per heavy atom. The third-order valence-corrected chi connectivity index (χ3v) is 2.83. The van der Waals surface area contributed by atoms with E-state index in [2.05, 4.69) is 0 Å². The minimum atomic E-state index is 0.0843. The fourth-order valence-corrected chi connectivity index (χ4v) is 1.74. The van der Waals surface area contributed by atoms with E-state index in [0.717, 1.165) is 13.1 Å². The molecule has 0 bridgehead atoms. The molecule has 0 N–H and O–H groups in total. The third-order valence-electron chi connectivity index (χ3n) is 2.83. The highest BCUT2D eigenvalue weighted by Gasteiger charge is 2.11. The number of hydrogen-bond acceptors (Lipinski definition) is 2. The van der Waals surface area contributed by atoms with Crippen LogP contribution in [0.4, 0.5) is 0 Å². The quantitative estimate of drug-likeness (QED) is 0.708. The van der Waals surface area contributed by atoms with E-state index in [4.69, 9.17) is 0 Å². The molecule has 1 heterocycles. The Hall–Kier alpha value is -1.58. The highest BCUT2D eigenvalue weighted by molar-refractivity contribution is 5.95. The number of Topliss-reactive ketones (excluding diaryl/α,β-unsaturated/α-hetero) is 1. The molecule has 0 saturated carbocycles. The molecule has 4 heteroatoms. The fraction of sp³-hybridized carbons (Fsp3) is 0.538. The maximum Gasteiger partial charge on any atom is 0.242 e. The van der Waals surface area contributed by atoms with Crippen LogP contribution in [0, 0.1) is 0 Å². The molecule has 1 aromatic heterocycles. The van der Waals surface area contributed by atoms with Gasteiger partial charge in [-0.1, -0.05) is 6.92 Å². The van der Waals surface area contributed by atoms with Crippen molar-refractivity contribution in [2.75, 3.05) is 13.1 Å². The molecule has 1 rings (SSSR count). The van der Waals surface area contributed by atoms with Crippen LogP contribution in [0.25, 0.3) is 0 Å². The van der Waals surface area contributed by atoms with E-state index in [0.29, 0.717) is 18.5 Å². The van der Waals surface area contributed by atoms with Gasteiger partial charge in [0.2, 0.25) is 5.91 Å². The molecule has 1 amide bonds. The van der Waals surface area contributed by atoms with Crippen molar-refractivity contribution in [3.63, 3.8) is 0 Å². The smallest absolute Gasteiger partial charge is 0.242 e. The van der Waals surface area contributed by atoms with Gasteiger partial charge >= 0.3 is 0 Å². The number of carbonyl (C=O) groups excluding carboxylic acids is 2. The van der Waals surface area contributed by atoms with Crippen molar-refractivity contribution < 1.29 is 9.59 Å². The van der Waals surface area contributed by atoms with Crippen LogP contribution in [0.5, 0.6) is 0 Å². The van der Waals surface area contributed by atoms with Crippen LogP contribution >= 0.6 is 0 Å². The maximum atomic E-state index is 11.8. The van der Waals surface area contributed by atoms with Gasteiger partial charge < -0.3 is 9.47 Å². The highest BCUT2D eigenvalue weighted by atomic mass is 16.2. The average Bonchev–Trinajstić information content (AvgIpc) is 2.78. The van der Waals surface area contributed by atoms with Crippen molar-refractivity contribution >= 4 is 11.7 Å². The maximum absolute atomic E-state index is 11.8. The number of aromatic nitrogens is 1. The largest absolute Gasteiger partial charge is 0.344 e. The second-order valence-electron chi connectivity index (χ2n) is 3.92. The first-order valence-electron chi connectivity index (χ1n) is 6.09. The first-order chi connectivity index (χ1) is 8.12. The van der Waals surface area contributed by atoms with Crippen molar-refractivity contribution in [2.24, 2.45) is 0 Å². The van der Waals surface area contributed by atoms with E-state index in [9.17, 15) is 9.59 Å². The number of carbonyl (C=O) groups is 2. The van der Waals surface area contributed by atoms with Crippen LogP contribution in [0.3, 0.4) is 0 Å². The van der Waals surface area contributed by atoms with Gasteiger partial charge in [-0.3, -0.25) is 9.59 Å². The third kappa shape index (κ3) is 3.44. The molecule has 0 aliphatic heterocycles. The normalized spacial score (nSPS) is 10.3. The lowest BCUT2D eigenvalue weighted by Gasteiger charge is -2.18. The Kier molecular flexibility index (Phi) is 4.94. The Labute approximate surface area is 102 Å². The summed E-state index contributed by atoms with van der Waals surface area (Å²) < 4.78 is 1.77. The molecule has 0 atom stereocenters. The van der Waals surface area contributed by atoms with Crippen LogP contribution in [0.2, 0.25) is 0 Å². The van der Waals surface area contributed by atoms with Crippen molar-refractivity contribution in [2.45, 2.75) is 33.7 Å². The number of rotatable bonds is 6. The summed E-state index contributed by atoms with van der Waals surface area (Å²) in [5.74, 6) is 0.195. The molecule has 0 aromatic carbocycles. The average molecular weight is 236 g/mol. The summed E-state index contributed by atoms with van der Waals surface area (Å²) in [7, 11) is 0. The fourth-order valence-electron chi connectivity index (χ4n) is 1.74. The molecule has 0 unspecified atom stereocenters. The summed E-state index contributed by atoms with van der Waals surface area (Å²) in [4.78, 5) is 25.1. The van der Waals surface area contributed by atoms with Gasteiger partial charge in [0.15, 0.2) is 5.78 Å². The van der Waals surface area contributed by atoms with E-state index in [1.807, 2.05) is 20.8 Å². The zero-order valence-corrected chi connectivity index (χ0v) is 10.8. The molecule has 0 fully saturated rings. The monoisotopic (exact) mass is 236 g/mol. The first kappa shape index (κ1) is 13.5. The van der Waals surface area contributed by atoms with Crippen molar-refractivity contribution in [3.8, 4) is 0 Å². The molecule has 1 aromatic rings. The van der Waals surface area contributed by atoms with Gasteiger partial charge in [-0.15, -0.1) is 0 Å². The molecule has 17 heavy (non-hydrogen) atoms. The minimum Gasteiger partial charge on any atom is -0.344 e. The lowest BCUT2D eigenvalue weighted by atomic mass is 10.2. The molecule has 0 aliphatic carbocycles. The van der Waals surface area contributed by atoms with Crippen molar-refractivity contribution in [1.29, 1.82) is 0 Å². The summed E-state index contributed by atoms with van der Waals surface area (Å²) in [5, 5.41) is 0. The van der Waals surface area contributed by atoms with E-state index in [1.165, 1.54) is 0 Å². The van der Waals surface area contributed by atoms with E-state index in [1.54, 1.807) is 27.9 Å². The van der Waals surface area contributed by atoms with Crippen molar-refractivity contribution in [3.05, 3.63) is 24.0 Å². The van der Waals surface area contributed by atoms with Gasteiger partial charge in [0.05, 0.1) is 0 Å². The van der Waals surface area contributed by atoms with Crippen LogP contribution in [0.15, 0.2) is 18.5 Å². The van der Waals surface area contributed by atoms with Gasteiger partial charge in [-0.25, -0.2) is 0 Å². The summed E-state index contributed by atoms with van der Waals surface area (Å²) in [6.45, 7) is 7.50. The molecule has 4 nitrogen and oxygen atoms in total. The predicted molar refractivity (Wildman–Crippen MR) is 67.0 cm³/mol. The standard InChI is InChI=1S/C13H20N2O2/c1-4-12(16)11-7-8-14(9-11)10-13(17)15(5-2)6-3/h7-9H,4-6,10H2,1-3H3. The van der Waals surface area contributed by atoms with Gasteiger partial charge in [0.1, 0.15) is 6.54 Å². The second kappa shape index (κ2) is 6.23. The van der Waals surface area contributed by atoms with Crippen molar-refractivity contribution in [1.82, 2.24) is 9.47 Å². The Bertz CT molecular complexity index is 392. The zero-order chi connectivity index (χ0) is 12.8. The van der Waals surface area contributed by atoms with E-state index in [-0.39, 0.29) is 11.7 Å². The Morgan fingerprint density at radius 3 is 2.41 bits per heavy atom. The number of likely N-dealkylation sites (N-methyl/N-ethyl adjacent to an activating group) is 1. The number of amides is 1. The number of nitrogens with zero attached hydrogens (tertiary/aromatic N) is 2. The second-order valence-corrected chi connectivity index (χ2v) is 3.92. The molecule has 94 valence electrons. The van der Waals surface area contributed by atoms with Gasteiger partial charge in [-0.2, -0.15) is 0 Å². The molecular formula is C13H20N2O2. The Balaban J connectivity index is 2.66. The van der Waals surface area contributed by atoms with Crippen LogP contribution in [-0.4, -0.2) is 34.2 Å². The molecule has 0 radical (unpaired) electrons. The lowest BCUT2D eigenvalue weighted by Crippen LogP contribution is -2.33. The molecule has 0 spiro atoms. The topological polar surface area (TPSA) is 42.3 Å². The van der Waals surface area contributed by atoms with Crippen LogP contribution < -0.4 is 0 Å². The minimum absolute atomic E-state index is 0.0843.